The normalized spacial score (nSPS) is 12.7. The van der Waals surface area contributed by atoms with Crippen LogP contribution in [0.4, 0.5) is 0 Å². The van der Waals surface area contributed by atoms with Crippen LogP contribution in [0.2, 0.25) is 19.6 Å². The fraction of sp³-hybridized carbons (Fsp3) is 0.200. The third kappa shape index (κ3) is 6.50. The van der Waals surface area contributed by atoms with E-state index in [0.29, 0.717) is 5.92 Å². The van der Waals surface area contributed by atoms with Gasteiger partial charge in [0.15, 0.2) is 0 Å². The van der Waals surface area contributed by atoms with E-state index >= 15 is 0 Å². The van der Waals surface area contributed by atoms with Crippen LogP contribution in [0.25, 0.3) is 42.7 Å². The Hall–Kier alpha value is -2.95. The summed E-state index contributed by atoms with van der Waals surface area (Å²) in [5.74, 6) is 0.496. The number of fused-ring (bicyclic) bond motifs is 3. The number of rotatable bonds is 4. The van der Waals surface area contributed by atoms with Crippen LogP contribution >= 0.6 is 11.3 Å². The number of pyridine rings is 2. The quantitative estimate of drug-likeness (QED) is 0.133. The Morgan fingerprint density at radius 1 is 0.900 bits per heavy atom. The number of nitrogens with zero attached hydrogens (tertiary/aromatic N) is 2. The molecule has 0 fully saturated rings. The fourth-order valence-electron chi connectivity index (χ4n) is 4.60. The first kappa shape index (κ1) is 26.0. The van der Waals surface area contributed by atoms with Crippen LogP contribution in [-0.2, 0) is 20.1 Å². The Balaban J connectivity index is 0.000000215. The molecule has 0 unspecified atom stereocenters. The molecule has 0 aliphatic rings. The van der Waals surface area contributed by atoms with Crippen molar-refractivity contribution in [3.8, 4) is 22.5 Å². The van der Waals surface area contributed by atoms with Gasteiger partial charge in [0.2, 0.25) is 0 Å². The van der Waals surface area contributed by atoms with E-state index in [0.717, 1.165) is 22.5 Å². The second kappa shape index (κ2) is 12.7. The van der Waals surface area contributed by atoms with Crippen molar-refractivity contribution in [3.05, 3.63) is 115 Å². The molecule has 0 amide bonds. The molecule has 5 heteroatoms. The number of hydrogen-bond acceptors (Lipinski definition) is 3. The van der Waals surface area contributed by atoms with Crippen LogP contribution in [0.5, 0.6) is 0 Å². The van der Waals surface area contributed by atoms with E-state index in [1.165, 1.54) is 37.1 Å². The molecule has 0 saturated heterocycles. The topological polar surface area (TPSA) is 25.8 Å². The Kier molecular flexibility index (Phi) is 8.25. The standard InChI is InChI=1S/C23H24NSSi.C12H10N.Ir/c1-15(2)16-12-13-24-19(14-16)17-10-11-21(26(3,4)5)22-18-8-6-7-9-20(18)25-23(17)22;1-10-7-8-12(13-9-10)11-5-3-2-4-6-11;/h6-9,11-15H,1-5H3;2-5,7-9H,1H3;/q2*-1;/i;1D3;. The third-order valence-electron chi connectivity index (χ3n) is 6.72. The predicted molar refractivity (Wildman–Crippen MR) is 172 cm³/mol. The van der Waals surface area contributed by atoms with Gasteiger partial charge in [0.1, 0.15) is 0 Å². The first-order valence-corrected chi connectivity index (χ1v) is 17.5. The zero-order chi connectivity index (χ0) is 30.1. The predicted octanol–water partition coefficient (Wildman–Crippen LogP) is 9.44. The first-order valence-electron chi connectivity index (χ1n) is 14.7. The van der Waals surface area contributed by atoms with Crippen LogP contribution < -0.4 is 5.19 Å². The molecule has 0 aliphatic carbocycles. The Morgan fingerprint density at radius 3 is 2.38 bits per heavy atom. The summed E-state index contributed by atoms with van der Waals surface area (Å²) in [6.07, 6.45) is 3.33. The summed E-state index contributed by atoms with van der Waals surface area (Å²) in [7, 11) is -1.48. The van der Waals surface area contributed by atoms with E-state index in [1.54, 1.807) is 18.2 Å². The van der Waals surface area contributed by atoms with Crippen molar-refractivity contribution < 1.29 is 24.2 Å². The number of hydrogen-bond donors (Lipinski definition) is 0. The van der Waals surface area contributed by atoms with Crippen LogP contribution in [0, 0.1) is 19.0 Å². The molecule has 0 atom stereocenters. The van der Waals surface area contributed by atoms with Crippen LogP contribution in [0.1, 0.15) is 35.0 Å². The second-order valence-electron chi connectivity index (χ2n) is 11.0. The summed E-state index contributed by atoms with van der Waals surface area (Å²) < 4.78 is 24.4. The largest absolute Gasteiger partial charge is 0.305 e. The molecule has 0 saturated carbocycles. The maximum atomic E-state index is 7.23. The molecule has 0 N–H and O–H groups in total. The molecule has 0 bridgehead atoms. The maximum absolute atomic E-state index is 7.23. The van der Waals surface area contributed by atoms with Crippen molar-refractivity contribution in [3.63, 3.8) is 0 Å². The summed E-state index contributed by atoms with van der Waals surface area (Å²) in [6, 6.07) is 32.8. The molecule has 6 aromatic rings. The molecular formula is C35H34IrN2SSi-2. The minimum Gasteiger partial charge on any atom is -0.305 e. The molecule has 2 nitrogen and oxygen atoms in total. The summed E-state index contributed by atoms with van der Waals surface area (Å²) >= 11 is 1.88. The van der Waals surface area contributed by atoms with E-state index in [2.05, 4.69) is 93.1 Å². The minimum atomic E-state index is -2.09. The molecule has 0 spiro atoms. The smallest absolute Gasteiger partial charge is 0.0300 e. The van der Waals surface area contributed by atoms with Crippen LogP contribution in [0.3, 0.4) is 0 Å². The van der Waals surface area contributed by atoms with Crippen LogP contribution in [0.15, 0.2) is 91.3 Å². The SMILES string of the molecule is CC(C)c1ccnc(-c2[c-]cc([Si](C)(C)C)c3c2sc2ccccc23)c1.[2H]C([2H])([2H])c1ccc(-c2[c-]cccc2)nc1.[Ir]. The van der Waals surface area contributed by atoms with E-state index in [1.807, 2.05) is 35.7 Å². The molecule has 0 aliphatic heterocycles. The van der Waals surface area contributed by atoms with Crippen molar-refractivity contribution in [2.24, 2.45) is 0 Å². The second-order valence-corrected chi connectivity index (χ2v) is 17.1. The van der Waals surface area contributed by atoms with Gasteiger partial charge in [-0.25, -0.2) is 0 Å². The molecule has 205 valence electrons. The Morgan fingerprint density at radius 2 is 1.70 bits per heavy atom. The molecule has 40 heavy (non-hydrogen) atoms. The zero-order valence-corrected chi connectivity index (χ0v) is 27.6. The van der Waals surface area contributed by atoms with Gasteiger partial charge < -0.3 is 9.97 Å². The summed E-state index contributed by atoms with van der Waals surface area (Å²) in [5.41, 5.74) is 5.35. The van der Waals surface area contributed by atoms with Gasteiger partial charge in [-0.1, -0.05) is 80.8 Å². The molecule has 3 aromatic heterocycles. The number of benzene rings is 3. The average molecular weight is 738 g/mol. The first-order chi connectivity index (χ1) is 19.9. The van der Waals surface area contributed by atoms with Crippen LogP contribution in [-0.4, -0.2) is 18.0 Å². The van der Waals surface area contributed by atoms with Crippen molar-refractivity contribution in [1.82, 2.24) is 9.97 Å². The van der Waals surface area contributed by atoms with Crippen molar-refractivity contribution in [1.29, 1.82) is 0 Å². The van der Waals surface area contributed by atoms with Crippen molar-refractivity contribution in [2.45, 2.75) is 46.3 Å². The third-order valence-corrected chi connectivity index (χ3v) is 9.91. The summed E-state index contributed by atoms with van der Waals surface area (Å²) in [4.78, 5) is 8.82. The molecule has 3 heterocycles. The Bertz CT molecular complexity index is 1830. The van der Waals surface area contributed by atoms with Crippen molar-refractivity contribution in [2.75, 3.05) is 0 Å². The van der Waals surface area contributed by atoms with Gasteiger partial charge in [0.25, 0.3) is 0 Å². The van der Waals surface area contributed by atoms with E-state index in [4.69, 9.17) is 9.10 Å². The zero-order valence-electron chi connectivity index (χ0n) is 26.4. The van der Waals surface area contributed by atoms with E-state index < -0.39 is 14.9 Å². The van der Waals surface area contributed by atoms with Crippen molar-refractivity contribution >= 4 is 44.8 Å². The number of aryl methyl sites for hydroxylation is 1. The summed E-state index contributed by atoms with van der Waals surface area (Å²) in [5, 5.41) is 4.30. The molecule has 1 radical (unpaired) electrons. The van der Waals surface area contributed by atoms with Gasteiger partial charge >= 0.3 is 0 Å². The van der Waals surface area contributed by atoms with Gasteiger partial charge in [-0.3, -0.25) is 0 Å². The monoisotopic (exact) mass is 738 g/mol. The minimum absolute atomic E-state index is 0. The van der Waals surface area contributed by atoms with Gasteiger partial charge in [-0.05, 0) is 51.9 Å². The van der Waals surface area contributed by atoms with E-state index in [9.17, 15) is 0 Å². The van der Waals surface area contributed by atoms with Gasteiger partial charge in [-0.15, -0.1) is 58.8 Å². The average Bonchev–Trinajstić information content (AvgIpc) is 3.36. The fourth-order valence-corrected chi connectivity index (χ4v) is 7.44. The molecule has 6 rings (SSSR count). The molecular weight excluding hydrogens is 701 g/mol. The maximum Gasteiger partial charge on any atom is 0.0300 e. The van der Waals surface area contributed by atoms with Gasteiger partial charge in [-0.2, -0.15) is 11.3 Å². The number of aromatic nitrogens is 2. The van der Waals surface area contributed by atoms with E-state index in [-0.39, 0.29) is 25.7 Å². The van der Waals surface area contributed by atoms with Gasteiger partial charge in [0, 0.05) is 49.4 Å². The number of thiophene rings is 1. The molecule has 3 aromatic carbocycles. The Labute approximate surface area is 261 Å². The summed E-state index contributed by atoms with van der Waals surface area (Å²) in [6.45, 7) is 9.61. The van der Waals surface area contributed by atoms with Gasteiger partial charge in [0.05, 0.1) is 0 Å².